The van der Waals surface area contributed by atoms with E-state index in [0.717, 1.165) is 0 Å². The molecule has 14 heavy (non-hydrogen) atoms. The first-order chi connectivity index (χ1) is 6.70. The second kappa shape index (κ2) is 5.18. The van der Waals surface area contributed by atoms with Crippen LogP contribution in [0.1, 0.15) is 24.2 Å². The van der Waals surface area contributed by atoms with Gasteiger partial charge in [0.1, 0.15) is 3.70 Å². The molecule has 0 bridgehead atoms. The molecule has 0 aliphatic heterocycles. The summed E-state index contributed by atoms with van der Waals surface area (Å²) in [5.41, 5.74) is 0.370. The van der Waals surface area contributed by atoms with Crippen molar-refractivity contribution in [3.63, 3.8) is 0 Å². The third-order valence-electron chi connectivity index (χ3n) is 1.46. The van der Waals surface area contributed by atoms with E-state index in [-0.39, 0.29) is 0 Å². The molecule has 0 saturated heterocycles. The van der Waals surface area contributed by atoms with Crippen molar-refractivity contribution in [1.29, 1.82) is 0 Å². The maximum Gasteiger partial charge on any atom is 0.346 e. The number of aromatic nitrogens is 2. The van der Waals surface area contributed by atoms with Gasteiger partial charge < -0.3 is 9.47 Å². The Labute approximate surface area is 95.3 Å². The summed E-state index contributed by atoms with van der Waals surface area (Å²) in [6, 6.07) is 0. The number of hydrogen-bond donors (Lipinski definition) is 1. The smallest absolute Gasteiger partial charge is 0.346 e. The highest BCUT2D eigenvalue weighted by Crippen LogP contribution is 2.21. The third-order valence-corrected chi connectivity index (χ3v) is 2.24. The van der Waals surface area contributed by atoms with Gasteiger partial charge in [-0.1, -0.05) is 0 Å². The van der Waals surface area contributed by atoms with Crippen LogP contribution in [0.15, 0.2) is 0 Å². The lowest BCUT2D eigenvalue weighted by atomic mass is 10.3. The predicted molar refractivity (Wildman–Crippen MR) is 58.4 cm³/mol. The Bertz CT molecular complexity index is 324. The number of ether oxygens (including phenoxy) is 2. The lowest BCUT2D eigenvalue weighted by Crippen LogP contribution is -2.07. The summed E-state index contributed by atoms with van der Waals surface area (Å²) in [4.78, 5) is 11.5. The fourth-order valence-corrected chi connectivity index (χ4v) is 1.52. The van der Waals surface area contributed by atoms with Gasteiger partial charge in [0, 0.05) is 0 Å². The number of esters is 1. The Morgan fingerprint density at radius 1 is 1.50 bits per heavy atom. The van der Waals surface area contributed by atoms with E-state index in [0.29, 0.717) is 28.4 Å². The molecule has 5 nitrogen and oxygen atoms in total. The first-order valence-corrected chi connectivity index (χ1v) is 5.32. The molecule has 0 aliphatic rings. The van der Waals surface area contributed by atoms with Crippen LogP contribution in [0.25, 0.3) is 0 Å². The van der Waals surface area contributed by atoms with Crippen molar-refractivity contribution in [1.82, 2.24) is 10.2 Å². The van der Waals surface area contributed by atoms with Crippen molar-refractivity contribution in [2.45, 2.75) is 13.8 Å². The van der Waals surface area contributed by atoms with Gasteiger partial charge >= 0.3 is 5.97 Å². The second-order valence-corrected chi connectivity index (χ2v) is 3.39. The number of nitrogens with one attached hydrogen (secondary N) is 1. The van der Waals surface area contributed by atoms with Crippen molar-refractivity contribution in [2.75, 3.05) is 13.2 Å². The first-order valence-electron chi connectivity index (χ1n) is 4.24. The van der Waals surface area contributed by atoms with Gasteiger partial charge in [0.15, 0.2) is 5.56 Å². The largest absolute Gasteiger partial charge is 0.478 e. The molecule has 0 atom stereocenters. The zero-order valence-corrected chi connectivity index (χ0v) is 10.1. The standard InChI is InChI=1S/C8H11IN2O3/c1-3-13-7-5(6(9)10-11-7)8(12)14-4-2/h3-4H2,1-2H3,(H,10,11). The van der Waals surface area contributed by atoms with Crippen molar-refractivity contribution < 1.29 is 14.3 Å². The van der Waals surface area contributed by atoms with Crippen LogP contribution >= 0.6 is 22.6 Å². The van der Waals surface area contributed by atoms with Crippen molar-refractivity contribution in [2.24, 2.45) is 0 Å². The molecule has 0 radical (unpaired) electrons. The summed E-state index contributed by atoms with van der Waals surface area (Å²) in [6.07, 6.45) is 0. The zero-order valence-electron chi connectivity index (χ0n) is 7.96. The predicted octanol–water partition coefficient (Wildman–Crippen LogP) is 1.59. The molecule has 78 valence electrons. The van der Waals surface area contributed by atoms with Gasteiger partial charge in [-0.15, -0.1) is 0 Å². The fourth-order valence-electron chi connectivity index (χ4n) is 0.934. The van der Waals surface area contributed by atoms with Crippen LogP contribution in [0.3, 0.4) is 0 Å². The minimum Gasteiger partial charge on any atom is -0.478 e. The van der Waals surface area contributed by atoms with E-state index in [1.165, 1.54) is 0 Å². The number of rotatable bonds is 4. The number of carbonyl (C=O) groups excluding carboxylic acids is 1. The van der Waals surface area contributed by atoms with Gasteiger partial charge in [0.05, 0.1) is 13.2 Å². The van der Waals surface area contributed by atoms with E-state index in [9.17, 15) is 4.79 Å². The normalized spacial score (nSPS) is 9.93. The van der Waals surface area contributed by atoms with E-state index in [1.54, 1.807) is 6.92 Å². The maximum atomic E-state index is 11.5. The minimum atomic E-state index is -0.408. The van der Waals surface area contributed by atoms with E-state index in [4.69, 9.17) is 9.47 Å². The molecule has 0 aliphatic carbocycles. The Kier molecular flexibility index (Phi) is 4.18. The van der Waals surface area contributed by atoms with Gasteiger partial charge in [-0.2, -0.15) is 5.10 Å². The number of halogens is 1. The number of H-pyrrole nitrogens is 1. The van der Waals surface area contributed by atoms with E-state index in [1.807, 2.05) is 29.5 Å². The van der Waals surface area contributed by atoms with Crippen molar-refractivity contribution in [3.05, 3.63) is 9.26 Å². The van der Waals surface area contributed by atoms with Crippen LogP contribution in [-0.2, 0) is 4.74 Å². The van der Waals surface area contributed by atoms with Gasteiger partial charge in [-0.3, -0.25) is 0 Å². The molecule has 1 N–H and O–H groups in total. The molecule has 1 aromatic heterocycles. The lowest BCUT2D eigenvalue weighted by molar-refractivity contribution is 0.0520. The highest BCUT2D eigenvalue weighted by molar-refractivity contribution is 14.1. The molecule has 1 aromatic rings. The summed E-state index contributed by atoms with van der Waals surface area (Å²) in [7, 11) is 0. The van der Waals surface area contributed by atoms with Crippen LogP contribution in [0, 0.1) is 3.70 Å². The molecule has 0 aromatic carbocycles. The second-order valence-electron chi connectivity index (χ2n) is 2.37. The number of carbonyl (C=O) groups is 1. The molecule has 0 amide bonds. The molecule has 6 heteroatoms. The summed E-state index contributed by atoms with van der Waals surface area (Å²) in [6.45, 7) is 4.41. The number of aromatic amines is 1. The maximum absolute atomic E-state index is 11.5. The molecule has 1 rings (SSSR count). The minimum absolute atomic E-state index is 0.339. The van der Waals surface area contributed by atoms with Crippen LogP contribution in [0.5, 0.6) is 5.88 Å². The van der Waals surface area contributed by atoms with Crippen LogP contribution in [0.2, 0.25) is 0 Å². The molecule has 0 saturated carbocycles. The van der Waals surface area contributed by atoms with E-state index < -0.39 is 5.97 Å². The Hall–Kier alpha value is -0.790. The third kappa shape index (κ3) is 2.37. The average molecular weight is 310 g/mol. The summed E-state index contributed by atoms with van der Waals surface area (Å²) < 4.78 is 10.6. The molecule has 0 fully saturated rings. The number of nitrogens with zero attached hydrogens (tertiary/aromatic N) is 1. The van der Waals surface area contributed by atoms with Gasteiger partial charge in [0.25, 0.3) is 0 Å². The van der Waals surface area contributed by atoms with Crippen LogP contribution in [-0.4, -0.2) is 29.4 Å². The van der Waals surface area contributed by atoms with E-state index >= 15 is 0 Å². The summed E-state index contributed by atoms with van der Waals surface area (Å²) in [5, 5.41) is 6.51. The Balaban J connectivity index is 2.92. The Morgan fingerprint density at radius 3 is 2.79 bits per heavy atom. The monoisotopic (exact) mass is 310 g/mol. The zero-order chi connectivity index (χ0) is 10.6. The summed E-state index contributed by atoms with van der Waals surface area (Å²) in [5.74, 6) is -0.0375. The van der Waals surface area contributed by atoms with Crippen LogP contribution < -0.4 is 4.74 Å². The molecular weight excluding hydrogens is 299 g/mol. The Morgan fingerprint density at radius 2 is 2.21 bits per heavy atom. The first kappa shape index (κ1) is 11.3. The molecule has 1 heterocycles. The number of hydrogen-bond acceptors (Lipinski definition) is 4. The molecule has 0 spiro atoms. The SMILES string of the molecule is CCOC(=O)c1c(I)n[nH]c1OCC. The highest BCUT2D eigenvalue weighted by atomic mass is 127. The molecular formula is C8H11IN2O3. The van der Waals surface area contributed by atoms with Crippen molar-refractivity contribution in [3.8, 4) is 5.88 Å². The van der Waals surface area contributed by atoms with E-state index in [2.05, 4.69) is 10.2 Å². The van der Waals surface area contributed by atoms with Gasteiger partial charge in [0.2, 0.25) is 5.88 Å². The fraction of sp³-hybridized carbons (Fsp3) is 0.500. The van der Waals surface area contributed by atoms with Crippen LogP contribution in [0.4, 0.5) is 0 Å². The quantitative estimate of drug-likeness (QED) is 0.677. The van der Waals surface area contributed by atoms with Gasteiger partial charge in [-0.25, -0.2) is 9.89 Å². The average Bonchev–Trinajstić information content (AvgIpc) is 2.48. The highest BCUT2D eigenvalue weighted by Gasteiger charge is 2.21. The lowest BCUT2D eigenvalue weighted by Gasteiger charge is -2.03. The summed E-state index contributed by atoms with van der Waals surface area (Å²) >= 11 is 1.95. The molecule has 0 unspecified atom stereocenters. The van der Waals surface area contributed by atoms with Gasteiger partial charge in [-0.05, 0) is 36.4 Å². The van der Waals surface area contributed by atoms with Crippen molar-refractivity contribution >= 4 is 28.6 Å². The topological polar surface area (TPSA) is 64.2 Å².